The van der Waals surface area contributed by atoms with Crippen LogP contribution in [0.3, 0.4) is 0 Å². The minimum absolute atomic E-state index is 0.0727. The number of hydrogen-bond donors (Lipinski definition) is 1. The van der Waals surface area contributed by atoms with Crippen LogP contribution in [0.4, 0.5) is 4.79 Å². The van der Waals surface area contributed by atoms with E-state index in [9.17, 15) is 9.59 Å². The highest BCUT2D eigenvalue weighted by atomic mass is 35.5. The Morgan fingerprint density at radius 1 is 1.21 bits per heavy atom. The Labute approximate surface area is 175 Å². The Kier molecular flexibility index (Phi) is 6.13. The van der Waals surface area contributed by atoms with Crippen molar-refractivity contribution in [2.45, 2.75) is 33.4 Å². The molecule has 1 aliphatic heterocycles. The van der Waals surface area contributed by atoms with Gasteiger partial charge in [0.15, 0.2) is 11.5 Å². The predicted octanol–water partition coefficient (Wildman–Crippen LogP) is 4.54. The molecular weight excluding hydrogens is 392 g/mol. The number of halogens is 1. The van der Waals surface area contributed by atoms with E-state index in [1.807, 2.05) is 45.0 Å². The molecule has 3 rings (SSSR count). The fraction of sp³-hybridized carbons (Fsp3) is 0.273. The van der Waals surface area contributed by atoms with Gasteiger partial charge in [-0.2, -0.15) is 0 Å². The molecule has 2 aromatic carbocycles. The van der Waals surface area contributed by atoms with E-state index in [4.69, 9.17) is 21.1 Å². The third kappa shape index (κ3) is 4.71. The monoisotopic (exact) mass is 414 g/mol. The SMILES string of the molecule is COc1cc(/C=C2/NC(=O)N(Cc3cccc(C)c3)C2=O)cc(Cl)c1OC(C)C. The number of nitrogens with zero attached hydrogens (tertiary/aromatic N) is 1. The van der Waals surface area contributed by atoms with E-state index >= 15 is 0 Å². The van der Waals surface area contributed by atoms with Gasteiger partial charge in [0, 0.05) is 0 Å². The molecule has 0 aliphatic carbocycles. The summed E-state index contributed by atoms with van der Waals surface area (Å²) in [5.41, 5.74) is 2.74. The summed E-state index contributed by atoms with van der Waals surface area (Å²) >= 11 is 6.34. The molecule has 29 heavy (non-hydrogen) atoms. The zero-order chi connectivity index (χ0) is 21.1. The summed E-state index contributed by atoms with van der Waals surface area (Å²) < 4.78 is 11.1. The Balaban J connectivity index is 1.86. The van der Waals surface area contributed by atoms with E-state index in [1.54, 1.807) is 18.2 Å². The van der Waals surface area contributed by atoms with Gasteiger partial charge < -0.3 is 14.8 Å². The van der Waals surface area contributed by atoms with Gasteiger partial charge in [-0.15, -0.1) is 0 Å². The molecule has 0 bridgehead atoms. The molecule has 0 spiro atoms. The molecule has 6 nitrogen and oxygen atoms in total. The molecular formula is C22H23ClN2O4. The molecule has 0 atom stereocenters. The van der Waals surface area contributed by atoms with Crippen LogP contribution in [0.1, 0.15) is 30.5 Å². The van der Waals surface area contributed by atoms with Crippen LogP contribution >= 0.6 is 11.6 Å². The van der Waals surface area contributed by atoms with Crippen molar-refractivity contribution in [2.75, 3.05) is 7.11 Å². The van der Waals surface area contributed by atoms with Gasteiger partial charge in [0.1, 0.15) is 5.70 Å². The van der Waals surface area contributed by atoms with E-state index in [-0.39, 0.29) is 18.3 Å². The van der Waals surface area contributed by atoms with Gasteiger partial charge in [0.25, 0.3) is 5.91 Å². The normalized spacial score (nSPS) is 15.2. The number of imide groups is 1. The van der Waals surface area contributed by atoms with E-state index in [2.05, 4.69) is 5.32 Å². The maximum absolute atomic E-state index is 12.7. The molecule has 0 aromatic heterocycles. The highest BCUT2D eigenvalue weighted by Crippen LogP contribution is 2.37. The molecule has 1 saturated heterocycles. The van der Waals surface area contributed by atoms with Crippen molar-refractivity contribution in [1.29, 1.82) is 0 Å². The Morgan fingerprint density at radius 3 is 2.62 bits per heavy atom. The standard InChI is InChI=1S/C22H23ClN2O4/c1-13(2)29-20-17(23)9-16(11-19(20)28-4)10-18-21(26)25(22(27)24-18)12-15-7-5-6-14(3)8-15/h5-11,13H,12H2,1-4H3,(H,24,27)/b18-10+. The number of amides is 3. The first-order valence-electron chi connectivity index (χ1n) is 9.22. The molecule has 1 heterocycles. The number of hydrogen-bond acceptors (Lipinski definition) is 4. The van der Waals surface area contributed by atoms with Crippen LogP contribution in [0, 0.1) is 6.92 Å². The van der Waals surface area contributed by atoms with Gasteiger partial charge in [-0.1, -0.05) is 41.4 Å². The van der Waals surface area contributed by atoms with Crippen LogP contribution < -0.4 is 14.8 Å². The number of carbonyl (C=O) groups is 2. The van der Waals surface area contributed by atoms with Crippen molar-refractivity contribution in [3.05, 3.63) is 63.8 Å². The Bertz CT molecular complexity index is 985. The first-order valence-corrected chi connectivity index (χ1v) is 9.60. The molecule has 0 saturated carbocycles. The quantitative estimate of drug-likeness (QED) is 0.556. The van der Waals surface area contributed by atoms with Crippen LogP contribution in [0.5, 0.6) is 11.5 Å². The van der Waals surface area contributed by atoms with Crippen molar-refractivity contribution in [3.8, 4) is 11.5 Å². The second-order valence-electron chi connectivity index (χ2n) is 7.07. The first kappa shape index (κ1) is 20.7. The van der Waals surface area contributed by atoms with Gasteiger partial charge >= 0.3 is 6.03 Å². The summed E-state index contributed by atoms with van der Waals surface area (Å²) in [4.78, 5) is 26.2. The number of rotatable bonds is 6. The predicted molar refractivity (Wildman–Crippen MR) is 112 cm³/mol. The maximum Gasteiger partial charge on any atom is 0.329 e. The summed E-state index contributed by atoms with van der Waals surface area (Å²) in [5.74, 6) is 0.495. The highest BCUT2D eigenvalue weighted by molar-refractivity contribution is 6.32. The minimum atomic E-state index is -0.458. The lowest BCUT2D eigenvalue weighted by Gasteiger charge is -2.15. The zero-order valence-electron chi connectivity index (χ0n) is 16.8. The van der Waals surface area contributed by atoms with Crippen molar-refractivity contribution in [3.63, 3.8) is 0 Å². The summed E-state index contributed by atoms with van der Waals surface area (Å²) in [6.07, 6.45) is 1.50. The summed E-state index contributed by atoms with van der Waals surface area (Å²) in [6.45, 7) is 5.95. The average Bonchev–Trinajstić information content (AvgIpc) is 2.91. The number of ether oxygens (including phenoxy) is 2. The number of aryl methyl sites for hydroxylation is 1. The maximum atomic E-state index is 12.7. The van der Waals surface area contributed by atoms with Gasteiger partial charge in [-0.05, 0) is 50.1 Å². The molecule has 1 aliphatic rings. The number of benzene rings is 2. The first-order chi connectivity index (χ1) is 13.8. The fourth-order valence-corrected chi connectivity index (χ4v) is 3.31. The zero-order valence-corrected chi connectivity index (χ0v) is 17.5. The lowest BCUT2D eigenvalue weighted by Crippen LogP contribution is -2.30. The number of nitrogens with one attached hydrogen (secondary N) is 1. The largest absolute Gasteiger partial charge is 0.493 e. The smallest absolute Gasteiger partial charge is 0.329 e. The van der Waals surface area contributed by atoms with Crippen LogP contribution in [0.25, 0.3) is 6.08 Å². The molecule has 152 valence electrons. The third-order valence-corrected chi connectivity index (χ3v) is 4.58. The number of methoxy groups -OCH3 is 1. The third-order valence-electron chi connectivity index (χ3n) is 4.30. The molecule has 0 radical (unpaired) electrons. The Morgan fingerprint density at radius 2 is 1.97 bits per heavy atom. The van der Waals surface area contributed by atoms with Crippen LogP contribution in [-0.4, -0.2) is 30.1 Å². The van der Waals surface area contributed by atoms with Crippen LogP contribution in [-0.2, 0) is 11.3 Å². The van der Waals surface area contributed by atoms with Gasteiger partial charge in [0.2, 0.25) is 0 Å². The summed E-state index contributed by atoms with van der Waals surface area (Å²) in [7, 11) is 1.52. The average molecular weight is 415 g/mol. The summed E-state index contributed by atoms with van der Waals surface area (Å²) in [6, 6.07) is 10.6. The minimum Gasteiger partial charge on any atom is -0.493 e. The second kappa shape index (κ2) is 8.57. The van der Waals surface area contributed by atoms with Crippen LogP contribution in [0.15, 0.2) is 42.1 Å². The van der Waals surface area contributed by atoms with Gasteiger partial charge in [0.05, 0.1) is 24.8 Å². The highest BCUT2D eigenvalue weighted by Gasteiger charge is 2.33. The summed E-state index contributed by atoms with van der Waals surface area (Å²) in [5, 5.41) is 2.98. The molecule has 2 aromatic rings. The molecule has 1 fully saturated rings. The van der Waals surface area contributed by atoms with Crippen molar-refractivity contribution < 1.29 is 19.1 Å². The van der Waals surface area contributed by atoms with Crippen molar-refractivity contribution >= 4 is 29.6 Å². The lowest BCUT2D eigenvalue weighted by molar-refractivity contribution is -0.123. The van der Waals surface area contributed by atoms with Gasteiger partial charge in [-0.3, -0.25) is 9.69 Å². The number of urea groups is 1. The Hall–Kier alpha value is -2.99. The molecule has 3 amide bonds. The van der Waals surface area contributed by atoms with E-state index in [1.165, 1.54) is 12.0 Å². The number of carbonyl (C=O) groups excluding carboxylic acids is 2. The van der Waals surface area contributed by atoms with E-state index < -0.39 is 11.9 Å². The fourth-order valence-electron chi connectivity index (χ4n) is 3.05. The van der Waals surface area contributed by atoms with Crippen molar-refractivity contribution in [1.82, 2.24) is 10.2 Å². The molecule has 7 heteroatoms. The van der Waals surface area contributed by atoms with Crippen molar-refractivity contribution in [2.24, 2.45) is 0 Å². The molecule has 1 N–H and O–H groups in total. The van der Waals surface area contributed by atoms with E-state index in [0.717, 1.165) is 11.1 Å². The molecule has 0 unspecified atom stereocenters. The van der Waals surface area contributed by atoms with E-state index in [0.29, 0.717) is 22.1 Å². The van der Waals surface area contributed by atoms with Gasteiger partial charge in [-0.25, -0.2) is 4.79 Å². The van der Waals surface area contributed by atoms with Crippen LogP contribution in [0.2, 0.25) is 5.02 Å². The lowest BCUT2D eigenvalue weighted by atomic mass is 10.1. The second-order valence-corrected chi connectivity index (χ2v) is 7.48. The topological polar surface area (TPSA) is 67.9 Å².